The summed E-state index contributed by atoms with van der Waals surface area (Å²) >= 11 is 0. The summed E-state index contributed by atoms with van der Waals surface area (Å²) in [5.74, 6) is 0. The molecular formula is C6H17N5. The summed E-state index contributed by atoms with van der Waals surface area (Å²) < 4.78 is 0. The second kappa shape index (κ2) is 6.51. The fourth-order valence-corrected chi connectivity index (χ4v) is 1.02. The average molecular weight is 159 g/mol. The maximum absolute atomic E-state index is 3.02. The molecule has 0 radical (unpaired) electrons. The van der Waals surface area contributed by atoms with Gasteiger partial charge in [0.25, 0.3) is 0 Å². The largest absolute Gasteiger partial charge is 0.243 e. The summed E-state index contributed by atoms with van der Waals surface area (Å²) in [6, 6.07) is 0. The van der Waals surface area contributed by atoms with Crippen molar-refractivity contribution in [2.75, 3.05) is 13.1 Å². The zero-order chi connectivity index (χ0) is 7.78. The van der Waals surface area contributed by atoms with Crippen LogP contribution in [0.1, 0.15) is 25.7 Å². The highest BCUT2D eigenvalue weighted by atomic mass is 15.8. The summed E-state index contributed by atoms with van der Waals surface area (Å²) in [6.45, 7) is 2.02. The highest BCUT2D eigenvalue weighted by molar-refractivity contribution is 4.47. The molecule has 1 rings (SSSR count). The number of hydrogen-bond acceptors (Lipinski definition) is 5. The van der Waals surface area contributed by atoms with Crippen molar-refractivity contribution in [2.24, 2.45) is 0 Å². The third-order valence-corrected chi connectivity index (χ3v) is 1.66. The van der Waals surface area contributed by atoms with Gasteiger partial charge in [0.2, 0.25) is 0 Å². The first kappa shape index (κ1) is 8.89. The molecule has 1 heterocycles. The Labute approximate surface area is 67.2 Å². The molecule has 0 atom stereocenters. The summed E-state index contributed by atoms with van der Waals surface area (Å²) in [5, 5.41) is 0. The van der Waals surface area contributed by atoms with Crippen LogP contribution < -0.4 is 27.5 Å². The predicted octanol–water partition coefficient (Wildman–Crippen LogP) is -0.832. The first-order chi connectivity index (χ1) is 5.50. The Hall–Kier alpha value is -0.200. The van der Waals surface area contributed by atoms with Gasteiger partial charge in [-0.2, -0.15) is 16.6 Å². The lowest BCUT2D eigenvalue weighted by atomic mass is 10.2. The Morgan fingerprint density at radius 1 is 0.545 bits per heavy atom. The molecule has 5 heteroatoms. The van der Waals surface area contributed by atoms with Gasteiger partial charge in [-0.05, 0) is 12.8 Å². The topological polar surface area (TPSA) is 60.1 Å². The molecule has 1 saturated heterocycles. The number of hydrogen-bond donors (Lipinski definition) is 5. The normalized spacial score (nSPS) is 24.0. The van der Waals surface area contributed by atoms with E-state index in [-0.39, 0.29) is 0 Å². The smallest absolute Gasteiger partial charge is 0.0113 e. The molecule has 0 unspecified atom stereocenters. The van der Waals surface area contributed by atoms with Crippen LogP contribution in [0, 0.1) is 0 Å². The molecule has 0 aromatic rings. The van der Waals surface area contributed by atoms with Crippen molar-refractivity contribution in [3.05, 3.63) is 0 Å². The predicted molar refractivity (Wildman–Crippen MR) is 43.9 cm³/mol. The summed E-state index contributed by atoms with van der Waals surface area (Å²) in [5.41, 5.74) is 14.4. The molecule has 66 valence electrons. The molecule has 0 saturated carbocycles. The third kappa shape index (κ3) is 5.11. The number of hydrazine groups is 4. The Balaban J connectivity index is 2.02. The molecule has 1 aliphatic heterocycles. The molecule has 1 fully saturated rings. The van der Waals surface area contributed by atoms with Crippen molar-refractivity contribution in [1.82, 2.24) is 27.5 Å². The monoisotopic (exact) mass is 159 g/mol. The van der Waals surface area contributed by atoms with Crippen LogP contribution in [0.2, 0.25) is 0 Å². The van der Waals surface area contributed by atoms with Gasteiger partial charge in [-0.3, -0.25) is 0 Å². The van der Waals surface area contributed by atoms with Gasteiger partial charge >= 0.3 is 0 Å². The van der Waals surface area contributed by atoms with Crippen LogP contribution in [0.25, 0.3) is 0 Å². The molecule has 1 aliphatic rings. The van der Waals surface area contributed by atoms with E-state index in [1.54, 1.807) is 0 Å². The number of nitrogens with one attached hydrogen (secondary N) is 5. The van der Waals surface area contributed by atoms with Crippen LogP contribution in [0.5, 0.6) is 0 Å². The number of rotatable bonds is 0. The second-order valence-corrected chi connectivity index (χ2v) is 2.64. The Bertz CT molecular complexity index is 49.0. The summed E-state index contributed by atoms with van der Waals surface area (Å²) in [4.78, 5) is 0. The second-order valence-electron chi connectivity index (χ2n) is 2.64. The van der Waals surface area contributed by atoms with Gasteiger partial charge < -0.3 is 0 Å². The molecule has 11 heavy (non-hydrogen) atoms. The van der Waals surface area contributed by atoms with Crippen LogP contribution in [0.15, 0.2) is 0 Å². The third-order valence-electron chi connectivity index (χ3n) is 1.66. The van der Waals surface area contributed by atoms with Crippen molar-refractivity contribution >= 4 is 0 Å². The minimum absolute atomic E-state index is 1.01. The maximum atomic E-state index is 3.02. The molecular weight excluding hydrogens is 142 g/mol. The van der Waals surface area contributed by atoms with Gasteiger partial charge in [-0.25, -0.2) is 10.9 Å². The van der Waals surface area contributed by atoms with E-state index in [2.05, 4.69) is 27.5 Å². The molecule has 0 aromatic heterocycles. The molecule has 0 bridgehead atoms. The zero-order valence-electron chi connectivity index (χ0n) is 6.74. The van der Waals surface area contributed by atoms with E-state index in [4.69, 9.17) is 0 Å². The SMILES string of the molecule is C1CCCNNNNNCC1. The van der Waals surface area contributed by atoms with Crippen molar-refractivity contribution in [2.45, 2.75) is 25.7 Å². The van der Waals surface area contributed by atoms with Crippen LogP contribution in [0.3, 0.4) is 0 Å². The standard InChI is InChI=1S/C6H17N5/c1-2-4-6-8-10-11-9-7-5-3-1/h7-11H,1-6H2. The Kier molecular flexibility index (Phi) is 5.26. The van der Waals surface area contributed by atoms with Crippen LogP contribution >= 0.6 is 0 Å². The first-order valence-corrected chi connectivity index (χ1v) is 4.21. The van der Waals surface area contributed by atoms with Crippen molar-refractivity contribution in [3.8, 4) is 0 Å². The molecule has 5 N–H and O–H groups in total. The molecule has 0 aromatic carbocycles. The minimum Gasteiger partial charge on any atom is -0.243 e. The molecule has 0 amide bonds. The molecule has 5 nitrogen and oxygen atoms in total. The fourth-order valence-electron chi connectivity index (χ4n) is 1.02. The van der Waals surface area contributed by atoms with E-state index in [0.29, 0.717) is 0 Å². The van der Waals surface area contributed by atoms with E-state index >= 15 is 0 Å². The lowest BCUT2D eigenvalue weighted by Gasteiger charge is -2.08. The Morgan fingerprint density at radius 2 is 1.09 bits per heavy atom. The van der Waals surface area contributed by atoms with Crippen LogP contribution in [0.4, 0.5) is 0 Å². The van der Waals surface area contributed by atoms with Gasteiger partial charge in [0, 0.05) is 13.1 Å². The minimum atomic E-state index is 1.01. The lowest BCUT2D eigenvalue weighted by molar-refractivity contribution is 0.329. The van der Waals surface area contributed by atoms with E-state index in [9.17, 15) is 0 Å². The molecule has 0 aliphatic carbocycles. The van der Waals surface area contributed by atoms with E-state index in [1.807, 2.05) is 0 Å². The van der Waals surface area contributed by atoms with E-state index in [1.165, 1.54) is 25.7 Å². The van der Waals surface area contributed by atoms with Crippen molar-refractivity contribution in [3.63, 3.8) is 0 Å². The highest BCUT2D eigenvalue weighted by Crippen LogP contribution is 1.96. The van der Waals surface area contributed by atoms with Crippen LogP contribution in [-0.2, 0) is 0 Å². The summed E-state index contributed by atoms with van der Waals surface area (Å²) in [6.07, 6.45) is 5.07. The lowest BCUT2D eigenvalue weighted by Crippen LogP contribution is -2.55. The average Bonchev–Trinajstić information content (AvgIpc) is 2.08. The van der Waals surface area contributed by atoms with Gasteiger partial charge in [0.05, 0.1) is 0 Å². The van der Waals surface area contributed by atoms with E-state index in [0.717, 1.165) is 13.1 Å². The van der Waals surface area contributed by atoms with Crippen LogP contribution in [-0.4, -0.2) is 13.1 Å². The van der Waals surface area contributed by atoms with Crippen molar-refractivity contribution < 1.29 is 0 Å². The fraction of sp³-hybridized carbons (Fsp3) is 1.00. The summed E-state index contributed by atoms with van der Waals surface area (Å²) in [7, 11) is 0. The molecule has 0 spiro atoms. The van der Waals surface area contributed by atoms with Gasteiger partial charge in [-0.15, -0.1) is 0 Å². The van der Waals surface area contributed by atoms with Gasteiger partial charge in [-0.1, -0.05) is 12.8 Å². The van der Waals surface area contributed by atoms with E-state index < -0.39 is 0 Å². The van der Waals surface area contributed by atoms with Crippen molar-refractivity contribution in [1.29, 1.82) is 0 Å². The zero-order valence-corrected chi connectivity index (χ0v) is 6.74. The maximum Gasteiger partial charge on any atom is 0.0113 e. The Morgan fingerprint density at radius 3 is 1.64 bits per heavy atom. The van der Waals surface area contributed by atoms with Gasteiger partial charge in [0.15, 0.2) is 0 Å². The van der Waals surface area contributed by atoms with Gasteiger partial charge in [0.1, 0.15) is 0 Å². The first-order valence-electron chi connectivity index (χ1n) is 4.21. The quantitative estimate of drug-likeness (QED) is 0.319. The highest BCUT2D eigenvalue weighted by Gasteiger charge is 1.92.